The molecule has 0 fully saturated rings. The maximum absolute atomic E-state index is 14.8. The zero-order valence-corrected chi connectivity index (χ0v) is 22.3. The number of ether oxygens (including phenoxy) is 1. The van der Waals surface area contributed by atoms with Gasteiger partial charge in [0.1, 0.15) is 11.9 Å². The maximum Gasteiger partial charge on any atom is 0.328 e. The van der Waals surface area contributed by atoms with Gasteiger partial charge in [-0.1, -0.05) is 37.0 Å². The van der Waals surface area contributed by atoms with Crippen LogP contribution >= 0.6 is 23.2 Å². The summed E-state index contributed by atoms with van der Waals surface area (Å²) in [5.74, 6) is -1.84. The second-order valence-electron chi connectivity index (χ2n) is 8.40. The van der Waals surface area contributed by atoms with Crippen LogP contribution < -0.4 is 9.62 Å². The van der Waals surface area contributed by atoms with Gasteiger partial charge in [0.05, 0.1) is 17.7 Å². The standard InChI is InChI=1S/C24H29Cl2FN2O5S/c1-15(2)23(24(31)34-4)28-22(30)7-5-6-16(3)29(21-14-18(26)10-13-20(21)27)35(32,33)19-11-8-17(25)9-12-19/h8-16,23H,5-7H2,1-4H3,(H,28,30). The molecule has 1 amide bonds. The Balaban J connectivity index is 2.24. The average molecular weight is 547 g/mol. The van der Waals surface area contributed by atoms with E-state index in [1.165, 1.54) is 43.5 Å². The fraction of sp³-hybridized carbons (Fsp3) is 0.417. The number of rotatable bonds is 11. The van der Waals surface area contributed by atoms with Gasteiger partial charge in [0.2, 0.25) is 5.91 Å². The van der Waals surface area contributed by atoms with Crippen LogP contribution in [0, 0.1) is 11.7 Å². The molecule has 0 aliphatic heterocycles. The lowest BCUT2D eigenvalue weighted by Crippen LogP contribution is -2.45. The van der Waals surface area contributed by atoms with Gasteiger partial charge < -0.3 is 10.1 Å². The smallest absolute Gasteiger partial charge is 0.328 e. The minimum absolute atomic E-state index is 0.0391. The third-order valence-corrected chi connectivity index (χ3v) is 7.81. The predicted molar refractivity (Wildman–Crippen MR) is 135 cm³/mol. The van der Waals surface area contributed by atoms with Crippen LogP contribution in [-0.2, 0) is 24.3 Å². The quantitative estimate of drug-likeness (QED) is 0.391. The predicted octanol–water partition coefficient (Wildman–Crippen LogP) is 5.20. The molecular formula is C24H29Cl2FN2O5S. The molecule has 1 N–H and O–H groups in total. The highest BCUT2D eigenvalue weighted by molar-refractivity contribution is 7.92. The topological polar surface area (TPSA) is 92.8 Å². The Kier molecular flexibility index (Phi) is 10.4. The van der Waals surface area contributed by atoms with Crippen molar-refractivity contribution >= 4 is 50.8 Å². The first-order chi connectivity index (χ1) is 16.4. The molecule has 0 spiro atoms. The molecule has 0 aliphatic rings. The van der Waals surface area contributed by atoms with Crippen LogP contribution in [0.2, 0.25) is 10.0 Å². The summed E-state index contributed by atoms with van der Waals surface area (Å²) in [6, 6.07) is 7.71. The minimum Gasteiger partial charge on any atom is -0.467 e. The Morgan fingerprint density at radius 1 is 1.06 bits per heavy atom. The number of hydrogen-bond acceptors (Lipinski definition) is 5. The number of carbonyl (C=O) groups excluding carboxylic acids is 2. The summed E-state index contributed by atoms with van der Waals surface area (Å²) < 4.78 is 47.5. The van der Waals surface area contributed by atoms with Gasteiger partial charge >= 0.3 is 5.97 Å². The number of benzene rings is 2. The molecule has 0 bridgehead atoms. The first-order valence-corrected chi connectivity index (χ1v) is 13.2. The molecule has 35 heavy (non-hydrogen) atoms. The van der Waals surface area contributed by atoms with Crippen LogP contribution in [0.15, 0.2) is 47.4 Å². The number of anilines is 1. The molecule has 7 nitrogen and oxygen atoms in total. The van der Waals surface area contributed by atoms with Crippen LogP contribution in [0.5, 0.6) is 0 Å². The summed E-state index contributed by atoms with van der Waals surface area (Å²) in [7, 11) is -2.94. The van der Waals surface area contributed by atoms with Crippen LogP contribution in [0.1, 0.15) is 40.0 Å². The van der Waals surface area contributed by atoms with Crippen LogP contribution in [0.3, 0.4) is 0 Å². The van der Waals surface area contributed by atoms with E-state index >= 15 is 0 Å². The number of esters is 1. The molecule has 0 radical (unpaired) electrons. The molecule has 2 rings (SSSR count). The van der Waals surface area contributed by atoms with Crippen molar-refractivity contribution in [2.24, 2.45) is 5.92 Å². The van der Waals surface area contributed by atoms with Gasteiger partial charge in [-0.2, -0.15) is 0 Å². The maximum atomic E-state index is 14.8. The second-order valence-corrected chi connectivity index (χ2v) is 11.1. The van der Waals surface area contributed by atoms with Crippen LogP contribution in [0.25, 0.3) is 0 Å². The van der Waals surface area contributed by atoms with Crippen molar-refractivity contribution in [1.82, 2.24) is 5.32 Å². The molecule has 2 aromatic rings. The monoisotopic (exact) mass is 546 g/mol. The number of hydrogen-bond donors (Lipinski definition) is 1. The highest BCUT2D eigenvalue weighted by Crippen LogP contribution is 2.32. The first kappa shape index (κ1) is 28.9. The summed E-state index contributed by atoms with van der Waals surface area (Å²) >= 11 is 11.9. The van der Waals surface area contributed by atoms with Gasteiger partial charge in [-0.25, -0.2) is 17.6 Å². The average Bonchev–Trinajstić information content (AvgIpc) is 2.79. The van der Waals surface area contributed by atoms with Crippen LogP contribution in [-0.4, -0.2) is 39.5 Å². The number of methoxy groups -OCH3 is 1. The van der Waals surface area contributed by atoms with E-state index in [2.05, 4.69) is 5.32 Å². The third-order valence-electron chi connectivity index (χ3n) is 5.38. The van der Waals surface area contributed by atoms with Gasteiger partial charge in [-0.05, 0) is 68.1 Å². The molecule has 11 heteroatoms. The zero-order valence-electron chi connectivity index (χ0n) is 19.9. The van der Waals surface area contributed by atoms with E-state index in [0.717, 1.165) is 10.4 Å². The van der Waals surface area contributed by atoms with Crippen molar-refractivity contribution < 1.29 is 27.1 Å². The van der Waals surface area contributed by atoms with E-state index in [1.54, 1.807) is 20.8 Å². The number of amides is 1. The molecule has 0 aliphatic carbocycles. The van der Waals surface area contributed by atoms with E-state index in [9.17, 15) is 22.4 Å². The van der Waals surface area contributed by atoms with Gasteiger partial charge in [0.25, 0.3) is 10.0 Å². The van der Waals surface area contributed by atoms with E-state index in [1.807, 2.05) is 0 Å². The summed E-state index contributed by atoms with van der Waals surface area (Å²) in [5, 5.41) is 3.17. The molecule has 0 heterocycles. The Hall–Kier alpha value is -2.36. The lowest BCUT2D eigenvalue weighted by atomic mass is 10.0. The Morgan fingerprint density at radius 3 is 2.23 bits per heavy atom. The van der Waals surface area contributed by atoms with Crippen molar-refractivity contribution in [2.45, 2.75) is 57.0 Å². The largest absolute Gasteiger partial charge is 0.467 e. The SMILES string of the molecule is COC(=O)C(NC(=O)CCCC(C)N(c1cc(Cl)ccc1F)S(=O)(=O)c1ccc(Cl)cc1)C(C)C. The Labute approximate surface area is 215 Å². The second kappa shape index (κ2) is 12.6. The van der Waals surface area contributed by atoms with Crippen molar-refractivity contribution in [3.63, 3.8) is 0 Å². The van der Waals surface area contributed by atoms with E-state index in [0.29, 0.717) is 5.02 Å². The van der Waals surface area contributed by atoms with E-state index < -0.39 is 33.9 Å². The number of nitrogens with one attached hydrogen (secondary N) is 1. The molecule has 192 valence electrons. The number of halogens is 3. The first-order valence-electron chi connectivity index (χ1n) is 11.0. The lowest BCUT2D eigenvalue weighted by Gasteiger charge is -2.31. The highest BCUT2D eigenvalue weighted by atomic mass is 35.5. The Bertz CT molecular complexity index is 1140. The van der Waals surface area contributed by atoms with Crippen molar-refractivity contribution in [3.05, 3.63) is 58.3 Å². The van der Waals surface area contributed by atoms with E-state index in [4.69, 9.17) is 27.9 Å². The zero-order chi connectivity index (χ0) is 26.3. The number of sulfonamides is 1. The summed E-state index contributed by atoms with van der Waals surface area (Å²) in [6.45, 7) is 5.18. The summed E-state index contributed by atoms with van der Waals surface area (Å²) in [5.41, 5.74) is -0.199. The number of carbonyl (C=O) groups is 2. The van der Waals surface area contributed by atoms with Crippen LogP contribution in [0.4, 0.5) is 10.1 Å². The molecule has 0 saturated heterocycles. The third kappa shape index (κ3) is 7.56. The van der Waals surface area contributed by atoms with Crippen molar-refractivity contribution in [2.75, 3.05) is 11.4 Å². The fourth-order valence-electron chi connectivity index (χ4n) is 3.52. The van der Waals surface area contributed by atoms with Gasteiger partial charge in [-0.15, -0.1) is 0 Å². The van der Waals surface area contributed by atoms with Gasteiger partial charge in [-0.3, -0.25) is 9.10 Å². The molecule has 2 atom stereocenters. The lowest BCUT2D eigenvalue weighted by molar-refractivity contribution is -0.146. The molecule has 0 saturated carbocycles. The van der Waals surface area contributed by atoms with Crippen molar-refractivity contribution in [1.29, 1.82) is 0 Å². The molecular weight excluding hydrogens is 518 g/mol. The van der Waals surface area contributed by atoms with E-state index in [-0.39, 0.29) is 46.7 Å². The molecule has 0 aromatic heterocycles. The Morgan fingerprint density at radius 2 is 1.66 bits per heavy atom. The highest BCUT2D eigenvalue weighted by Gasteiger charge is 2.32. The minimum atomic E-state index is -4.19. The van der Waals surface area contributed by atoms with Crippen molar-refractivity contribution in [3.8, 4) is 0 Å². The van der Waals surface area contributed by atoms with Gasteiger partial charge in [0.15, 0.2) is 0 Å². The fourth-order valence-corrected chi connectivity index (χ4v) is 5.50. The molecule has 2 unspecified atom stereocenters. The summed E-state index contributed by atoms with van der Waals surface area (Å²) in [4.78, 5) is 24.2. The summed E-state index contributed by atoms with van der Waals surface area (Å²) in [6.07, 6.45) is 0.558. The molecule has 2 aromatic carbocycles. The normalized spacial score (nSPS) is 13.3. The number of nitrogens with zero attached hydrogens (tertiary/aromatic N) is 1. The van der Waals surface area contributed by atoms with Gasteiger partial charge in [0, 0.05) is 22.5 Å².